The third-order valence-corrected chi connectivity index (χ3v) is 4.38. The van der Waals surface area contributed by atoms with E-state index in [1.165, 1.54) is 18.4 Å². The molecule has 0 bridgehead atoms. The molecule has 1 aliphatic rings. The lowest BCUT2D eigenvalue weighted by Gasteiger charge is -2.11. The lowest BCUT2D eigenvalue weighted by atomic mass is 9.95. The fourth-order valence-electron chi connectivity index (χ4n) is 2.27. The highest BCUT2D eigenvalue weighted by molar-refractivity contribution is 7.17. The summed E-state index contributed by atoms with van der Waals surface area (Å²) in [5, 5.41) is 11.5. The number of anilines is 1. The summed E-state index contributed by atoms with van der Waals surface area (Å²) >= 11 is 1.35. The molecule has 0 saturated carbocycles. The zero-order valence-electron chi connectivity index (χ0n) is 11.5. The summed E-state index contributed by atoms with van der Waals surface area (Å²) in [7, 11) is 1.30. The predicted molar refractivity (Wildman–Crippen MR) is 77.7 cm³/mol. The van der Waals surface area contributed by atoms with Crippen molar-refractivity contribution in [3.63, 3.8) is 0 Å². The van der Waals surface area contributed by atoms with Crippen LogP contribution in [0, 0.1) is 0 Å². The van der Waals surface area contributed by atoms with E-state index >= 15 is 0 Å². The molecule has 2 rings (SSSR count). The number of hydrogen-bond acceptors (Lipinski definition) is 5. The molecular formula is C14H15NO5S. The van der Waals surface area contributed by atoms with Gasteiger partial charge < -0.3 is 15.2 Å². The van der Waals surface area contributed by atoms with Crippen molar-refractivity contribution in [2.45, 2.75) is 25.7 Å². The third-order valence-electron chi connectivity index (χ3n) is 3.17. The third kappa shape index (κ3) is 3.49. The standard InChI is InChI=1S/C14H15NO5S/c1-20-14(19)12-8-4-2-3-5-9(8)21-13(12)15-10(16)6-7-11(17)18/h6-7H,2-5H2,1H3,(H,15,16)(H,17,18)/b7-6+. The molecule has 0 radical (unpaired) electrons. The monoisotopic (exact) mass is 309 g/mol. The molecule has 0 atom stereocenters. The van der Waals surface area contributed by atoms with Crippen molar-refractivity contribution in [1.82, 2.24) is 0 Å². The van der Waals surface area contributed by atoms with E-state index in [0.29, 0.717) is 10.6 Å². The van der Waals surface area contributed by atoms with Gasteiger partial charge in [-0.1, -0.05) is 0 Å². The van der Waals surface area contributed by atoms with Gasteiger partial charge in [-0.25, -0.2) is 9.59 Å². The summed E-state index contributed by atoms with van der Waals surface area (Å²) in [6.45, 7) is 0. The molecule has 2 N–H and O–H groups in total. The van der Waals surface area contributed by atoms with Crippen molar-refractivity contribution in [1.29, 1.82) is 0 Å². The van der Waals surface area contributed by atoms with Crippen LogP contribution in [0.4, 0.5) is 5.00 Å². The summed E-state index contributed by atoms with van der Waals surface area (Å²) in [6, 6.07) is 0. The van der Waals surface area contributed by atoms with Crippen molar-refractivity contribution in [2.24, 2.45) is 0 Å². The van der Waals surface area contributed by atoms with Crippen molar-refractivity contribution in [3.05, 3.63) is 28.2 Å². The van der Waals surface area contributed by atoms with E-state index in [4.69, 9.17) is 9.84 Å². The molecule has 0 aliphatic heterocycles. The number of amides is 1. The number of aliphatic carboxylic acids is 1. The quantitative estimate of drug-likeness (QED) is 0.655. The lowest BCUT2D eigenvalue weighted by molar-refractivity contribution is -0.131. The maximum atomic E-state index is 11.9. The summed E-state index contributed by atoms with van der Waals surface area (Å²) in [5.41, 5.74) is 1.34. The van der Waals surface area contributed by atoms with Crippen molar-refractivity contribution in [2.75, 3.05) is 12.4 Å². The molecule has 1 aliphatic carbocycles. The van der Waals surface area contributed by atoms with Gasteiger partial charge >= 0.3 is 11.9 Å². The first-order valence-electron chi connectivity index (χ1n) is 6.47. The molecule has 7 heteroatoms. The average Bonchev–Trinajstić information content (AvgIpc) is 2.82. The minimum atomic E-state index is -1.20. The molecule has 112 valence electrons. The Morgan fingerprint density at radius 2 is 1.95 bits per heavy atom. The molecule has 0 aromatic carbocycles. The summed E-state index contributed by atoms with van der Waals surface area (Å²) in [5.74, 6) is -2.27. The fourth-order valence-corrected chi connectivity index (χ4v) is 3.55. The normalized spacial score (nSPS) is 13.8. The number of carboxylic acids is 1. The number of esters is 1. The van der Waals surface area contributed by atoms with Crippen LogP contribution in [0.1, 0.15) is 33.6 Å². The summed E-state index contributed by atoms with van der Waals surface area (Å²) in [4.78, 5) is 35.1. The number of carbonyl (C=O) groups excluding carboxylic acids is 2. The number of ether oxygens (including phenoxy) is 1. The number of fused-ring (bicyclic) bond motifs is 1. The van der Waals surface area contributed by atoms with Gasteiger partial charge in [-0.05, 0) is 31.2 Å². The van der Waals surface area contributed by atoms with E-state index in [-0.39, 0.29) is 0 Å². The van der Waals surface area contributed by atoms with E-state index in [0.717, 1.165) is 48.3 Å². The van der Waals surface area contributed by atoms with Crippen molar-refractivity contribution in [3.8, 4) is 0 Å². The molecular weight excluding hydrogens is 294 g/mol. The minimum absolute atomic E-state index is 0.397. The van der Waals surface area contributed by atoms with E-state index in [1.807, 2.05) is 0 Å². The minimum Gasteiger partial charge on any atom is -0.478 e. The maximum absolute atomic E-state index is 11.9. The highest BCUT2D eigenvalue weighted by atomic mass is 32.1. The lowest BCUT2D eigenvalue weighted by Crippen LogP contribution is -2.13. The van der Waals surface area contributed by atoms with Gasteiger partial charge in [0.15, 0.2) is 0 Å². The Morgan fingerprint density at radius 1 is 1.24 bits per heavy atom. The van der Waals surface area contributed by atoms with E-state index in [2.05, 4.69) is 5.32 Å². The predicted octanol–water partition coefficient (Wildman–Crippen LogP) is 1.99. The SMILES string of the molecule is COC(=O)c1c(NC(=O)/C=C/C(=O)O)sc2c1CCCC2. The van der Waals surface area contributed by atoms with E-state index < -0.39 is 17.8 Å². The first-order chi connectivity index (χ1) is 10.0. The zero-order chi connectivity index (χ0) is 15.4. The number of thiophene rings is 1. The topological polar surface area (TPSA) is 92.7 Å². The zero-order valence-corrected chi connectivity index (χ0v) is 12.3. The van der Waals surface area contributed by atoms with Crippen molar-refractivity contribution >= 4 is 34.2 Å². The second-order valence-electron chi connectivity index (χ2n) is 4.57. The van der Waals surface area contributed by atoms with Crippen molar-refractivity contribution < 1.29 is 24.2 Å². The Hall–Kier alpha value is -2.15. The summed E-state index contributed by atoms with van der Waals surface area (Å²) in [6.07, 6.45) is 5.39. The number of methoxy groups -OCH3 is 1. The number of carbonyl (C=O) groups is 3. The molecule has 0 saturated heterocycles. The van der Waals surface area contributed by atoms with Crippen LogP contribution in [-0.2, 0) is 27.2 Å². The Balaban J connectivity index is 2.30. The van der Waals surface area contributed by atoms with Crippen LogP contribution in [-0.4, -0.2) is 30.1 Å². The van der Waals surface area contributed by atoms with Crippen LogP contribution in [0.15, 0.2) is 12.2 Å². The Bertz CT molecular complexity index is 617. The van der Waals surface area contributed by atoms with Gasteiger partial charge in [-0.3, -0.25) is 4.79 Å². The maximum Gasteiger partial charge on any atom is 0.341 e. The summed E-state index contributed by atoms with van der Waals surface area (Å²) < 4.78 is 4.79. The first kappa shape index (κ1) is 15.2. The van der Waals surface area contributed by atoms with Crippen LogP contribution >= 0.6 is 11.3 Å². The second kappa shape index (κ2) is 6.53. The smallest absolute Gasteiger partial charge is 0.341 e. The number of hydrogen-bond donors (Lipinski definition) is 2. The molecule has 1 amide bonds. The van der Waals surface area contributed by atoms with Gasteiger partial charge in [0.1, 0.15) is 5.00 Å². The molecule has 6 nitrogen and oxygen atoms in total. The van der Waals surface area contributed by atoms with Crippen LogP contribution in [0.5, 0.6) is 0 Å². The number of nitrogens with one attached hydrogen (secondary N) is 1. The van der Waals surface area contributed by atoms with Gasteiger partial charge in [0.05, 0.1) is 12.7 Å². The largest absolute Gasteiger partial charge is 0.478 e. The molecule has 1 aromatic rings. The Kier molecular flexibility index (Phi) is 4.74. The second-order valence-corrected chi connectivity index (χ2v) is 5.67. The average molecular weight is 309 g/mol. The molecule has 0 fully saturated rings. The van der Waals surface area contributed by atoms with Crippen LogP contribution in [0.2, 0.25) is 0 Å². The molecule has 0 spiro atoms. The number of rotatable bonds is 4. The van der Waals surface area contributed by atoms with E-state index in [9.17, 15) is 14.4 Å². The molecule has 0 unspecified atom stereocenters. The molecule has 21 heavy (non-hydrogen) atoms. The van der Waals surface area contributed by atoms with Gasteiger partial charge in [-0.15, -0.1) is 11.3 Å². The van der Waals surface area contributed by atoms with Gasteiger partial charge in [-0.2, -0.15) is 0 Å². The molecule has 1 aromatic heterocycles. The van der Waals surface area contributed by atoms with Gasteiger partial charge in [0.2, 0.25) is 5.91 Å². The fraction of sp³-hybridized carbons (Fsp3) is 0.357. The Labute approximate surface area is 125 Å². The van der Waals surface area contributed by atoms with Gasteiger partial charge in [0.25, 0.3) is 0 Å². The first-order valence-corrected chi connectivity index (χ1v) is 7.29. The van der Waals surface area contributed by atoms with Crippen LogP contribution < -0.4 is 5.32 Å². The number of carboxylic acid groups (broad SMARTS) is 1. The number of aryl methyl sites for hydroxylation is 1. The highest BCUT2D eigenvalue weighted by Gasteiger charge is 2.26. The van der Waals surface area contributed by atoms with Gasteiger partial charge in [0, 0.05) is 17.0 Å². The molecule has 1 heterocycles. The van der Waals surface area contributed by atoms with Crippen LogP contribution in [0.3, 0.4) is 0 Å². The van der Waals surface area contributed by atoms with E-state index in [1.54, 1.807) is 0 Å². The highest BCUT2D eigenvalue weighted by Crippen LogP contribution is 2.38. The Morgan fingerprint density at radius 3 is 2.62 bits per heavy atom. The van der Waals surface area contributed by atoms with Crippen LogP contribution in [0.25, 0.3) is 0 Å².